The van der Waals surface area contributed by atoms with Gasteiger partial charge in [-0.3, -0.25) is 9.59 Å². The van der Waals surface area contributed by atoms with Gasteiger partial charge >= 0.3 is 0 Å². The summed E-state index contributed by atoms with van der Waals surface area (Å²) < 4.78 is 4.86. The fourth-order valence-corrected chi connectivity index (χ4v) is 3.23. The second-order valence-electron chi connectivity index (χ2n) is 5.50. The molecule has 0 bridgehead atoms. The van der Waals surface area contributed by atoms with E-state index in [1.165, 1.54) is 29.9 Å². The molecule has 0 fully saturated rings. The number of carbonyl (C=O) groups excluding carboxylic acids is 2. The summed E-state index contributed by atoms with van der Waals surface area (Å²) in [7, 11) is 0. The summed E-state index contributed by atoms with van der Waals surface area (Å²) >= 11 is 1.40. The maximum absolute atomic E-state index is 12.3. The molecule has 25 heavy (non-hydrogen) atoms. The van der Waals surface area contributed by atoms with Crippen LogP contribution in [0.1, 0.15) is 23.0 Å². The van der Waals surface area contributed by atoms with Gasteiger partial charge in [-0.05, 0) is 25.5 Å². The van der Waals surface area contributed by atoms with Crippen LogP contribution in [0.3, 0.4) is 0 Å². The first-order chi connectivity index (χ1) is 12.0. The smallest absolute Gasteiger partial charge is 0.255 e. The highest BCUT2D eigenvalue weighted by atomic mass is 32.1. The van der Waals surface area contributed by atoms with Crippen LogP contribution in [-0.4, -0.2) is 22.8 Å². The molecule has 0 saturated heterocycles. The third-order valence-electron chi connectivity index (χ3n) is 3.59. The van der Waals surface area contributed by atoms with Crippen LogP contribution in [0.15, 0.2) is 53.3 Å². The van der Waals surface area contributed by atoms with Gasteiger partial charge in [0.25, 0.3) is 5.91 Å². The Hall–Kier alpha value is -2.93. The Kier molecular flexibility index (Phi) is 4.95. The van der Waals surface area contributed by atoms with Crippen molar-refractivity contribution in [2.75, 3.05) is 5.32 Å². The van der Waals surface area contributed by atoms with E-state index in [0.29, 0.717) is 10.7 Å². The van der Waals surface area contributed by atoms with E-state index < -0.39 is 6.04 Å². The minimum Gasteiger partial charge on any atom is -0.472 e. The summed E-state index contributed by atoms with van der Waals surface area (Å²) in [5.74, 6) is -0.693. The van der Waals surface area contributed by atoms with Gasteiger partial charge in [0.05, 0.1) is 22.4 Å². The fourth-order valence-electron chi connectivity index (χ4n) is 2.26. The number of hydrogen-bond acceptors (Lipinski definition) is 5. The predicted molar refractivity (Wildman–Crippen MR) is 96.6 cm³/mol. The Bertz CT molecular complexity index is 872. The van der Waals surface area contributed by atoms with Crippen molar-refractivity contribution in [3.63, 3.8) is 0 Å². The molecule has 0 aliphatic heterocycles. The molecule has 1 atom stereocenters. The Morgan fingerprint density at radius 3 is 2.64 bits per heavy atom. The molecule has 0 saturated carbocycles. The number of nitrogens with one attached hydrogen (secondary N) is 2. The number of aromatic nitrogens is 1. The van der Waals surface area contributed by atoms with Gasteiger partial charge in [-0.25, -0.2) is 4.98 Å². The van der Waals surface area contributed by atoms with Gasteiger partial charge in [0, 0.05) is 0 Å². The summed E-state index contributed by atoms with van der Waals surface area (Å²) in [6.45, 7) is 3.52. The van der Waals surface area contributed by atoms with E-state index in [-0.39, 0.29) is 11.8 Å². The number of carbonyl (C=O) groups is 2. The topological polar surface area (TPSA) is 84.2 Å². The molecule has 3 rings (SSSR count). The standard InChI is InChI=1S/C18H17N3O3S/c1-11-15(13-6-4-3-5-7-13)25-18(20-11)21-16(22)12(2)19-17(23)14-8-9-24-10-14/h3-10,12H,1-2H3,(H,19,23)(H,20,21,22). The molecule has 6 nitrogen and oxygen atoms in total. The molecule has 2 aromatic heterocycles. The Morgan fingerprint density at radius 2 is 1.96 bits per heavy atom. The largest absolute Gasteiger partial charge is 0.472 e. The maximum Gasteiger partial charge on any atom is 0.255 e. The molecular formula is C18H17N3O3S. The molecule has 1 unspecified atom stereocenters. The second-order valence-corrected chi connectivity index (χ2v) is 6.50. The number of rotatable bonds is 5. The molecule has 1 aromatic carbocycles. The number of benzene rings is 1. The highest BCUT2D eigenvalue weighted by molar-refractivity contribution is 7.19. The van der Waals surface area contributed by atoms with Crippen LogP contribution in [-0.2, 0) is 4.79 Å². The van der Waals surface area contributed by atoms with E-state index in [1.807, 2.05) is 37.3 Å². The zero-order valence-corrected chi connectivity index (χ0v) is 14.6. The Labute approximate surface area is 148 Å². The van der Waals surface area contributed by atoms with Gasteiger partial charge in [0.1, 0.15) is 12.3 Å². The van der Waals surface area contributed by atoms with E-state index >= 15 is 0 Å². The van der Waals surface area contributed by atoms with Crippen molar-refractivity contribution in [3.05, 3.63) is 60.2 Å². The third-order valence-corrected chi connectivity index (χ3v) is 4.71. The second kappa shape index (κ2) is 7.31. The highest BCUT2D eigenvalue weighted by Gasteiger charge is 2.19. The molecule has 2 heterocycles. The molecule has 7 heteroatoms. The molecule has 0 aliphatic carbocycles. The number of furan rings is 1. The van der Waals surface area contributed by atoms with Crippen LogP contribution >= 0.6 is 11.3 Å². The van der Waals surface area contributed by atoms with E-state index in [0.717, 1.165) is 16.1 Å². The quantitative estimate of drug-likeness (QED) is 0.734. The summed E-state index contributed by atoms with van der Waals surface area (Å²) in [5.41, 5.74) is 2.28. The van der Waals surface area contributed by atoms with Gasteiger partial charge in [0.15, 0.2) is 5.13 Å². The minimum absolute atomic E-state index is 0.329. The Balaban J connectivity index is 1.66. The molecule has 128 valence electrons. The predicted octanol–water partition coefficient (Wildman–Crippen LogP) is 3.47. The van der Waals surface area contributed by atoms with E-state index in [2.05, 4.69) is 15.6 Å². The highest BCUT2D eigenvalue weighted by Crippen LogP contribution is 2.32. The summed E-state index contributed by atoms with van der Waals surface area (Å²) in [6, 6.07) is 10.7. The van der Waals surface area contributed by atoms with Gasteiger partial charge in [-0.1, -0.05) is 41.7 Å². The number of hydrogen-bond donors (Lipinski definition) is 2. The molecule has 2 N–H and O–H groups in total. The average Bonchev–Trinajstić information content (AvgIpc) is 3.25. The van der Waals surface area contributed by atoms with Gasteiger partial charge in [-0.15, -0.1) is 0 Å². The number of aryl methyl sites for hydroxylation is 1. The summed E-state index contributed by atoms with van der Waals surface area (Å²) in [5, 5.41) is 5.88. The molecule has 0 aliphatic rings. The van der Waals surface area contributed by atoms with E-state index in [1.54, 1.807) is 6.92 Å². The van der Waals surface area contributed by atoms with Crippen molar-refractivity contribution < 1.29 is 14.0 Å². The molecule has 3 aromatic rings. The molecular weight excluding hydrogens is 338 g/mol. The lowest BCUT2D eigenvalue weighted by atomic mass is 10.2. The SMILES string of the molecule is Cc1nc(NC(=O)C(C)NC(=O)c2ccoc2)sc1-c1ccccc1. The lowest BCUT2D eigenvalue weighted by molar-refractivity contribution is -0.117. The third kappa shape index (κ3) is 3.95. The van der Waals surface area contributed by atoms with Crippen molar-refractivity contribution in [1.29, 1.82) is 0 Å². The monoisotopic (exact) mass is 355 g/mol. The molecule has 2 amide bonds. The van der Waals surface area contributed by atoms with Crippen molar-refractivity contribution in [1.82, 2.24) is 10.3 Å². The zero-order chi connectivity index (χ0) is 17.8. The first-order valence-corrected chi connectivity index (χ1v) is 8.53. The normalized spacial score (nSPS) is 11.8. The lowest BCUT2D eigenvalue weighted by Gasteiger charge is -2.12. The van der Waals surface area contributed by atoms with E-state index in [4.69, 9.17) is 4.42 Å². The van der Waals surface area contributed by atoms with Crippen LogP contribution in [0.5, 0.6) is 0 Å². The lowest BCUT2D eigenvalue weighted by Crippen LogP contribution is -2.41. The van der Waals surface area contributed by atoms with Gasteiger partial charge in [0.2, 0.25) is 5.91 Å². The minimum atomic E-state index is -0.702. The number of thiazole rings is 1. The van der Waals surface area contributed by atoms with Crippen LogP contribution in [0, 0.1) is 6.92 Å². The van der Waals surface area contributed by atoms with Gasteiger partial charge < -0.3 is 15.1 Å². The van der Waals surface area contributed by atoms with Crippen LogP contribution in [0.4, 0.5) is 5.13 Å². The zero-order valence-electron chi connectivity index (χ0n) is 13.8. The van der Waals surface area contributed by atoms with Crippen LogP contribution in [0.2, 0.25) is 0 Å². The van der Waals surface area contributed by atoms with E-state index in [9.17, 15) is 9.59 Å². The number of nitrogens with zero attached hydrogens (tertiary/aromatic N) is 1. The van der Waals surface area contributed by atoms with Gasteiger partial charge in [-0.2, -0.15) is 0 Å². The van der Waals surface area contributed by atoms with Crippen LogP contribution in [0.25, 0.3) is 10.4 Å². The fraction of sp³-hybridized carbons (Fsp3) is 0.167. The van der Waals surface area contributed by atoms with Crippen molar-refractivity contribution in [3.8, 4) is 10.4 Å². The first-order valence-electron chi connectivity index (χ1n) is 7.71. The molecule has 0 radical (unpaired) electrons. The van der Waals surface area contributed by atoms with Crippen molar-refractivity contribution in [2.45, 2.75) is 19.9 Å². The average molecular weight is 355 g/mol. The number of anilines is 1. The number of amides is 2. The van der Waals surface area contributed by atoms with Crippen molar-refractivity contribution in [2.24, 2.45) is 0 Å². The Morgan fingerprint density at radius 1 is 1.20 bits per heavy atom. The summed E-state index contributed by atoms with van der Waals surface area (Å²) in [6.07, 6.45) is 2.74. The first kappa shape index (κ1) is 16.9. The van der Waals surface area contributed by atoms with Crippen LogP contribution < -0.4 is 10.6 Å². The molecule has 0 spiro atoms. The maximum atomic E-state index is 12.3. The summed E-state index contributed by atoms with van der Waals surface area (Å²) in [4.78, 5) is 29.6. The van der Waals surface area contributed by atoms with Crippen molar-refractivity contribution >= 4 is 28.3 Å².